The van der Waals surface area contributed by atoms with Gasteiger partial charge in [-0.15, -0.1) is 0 Å². The van der Waals surface area contributed by atoms with E-state index < -0.39 is 0 Å². The third-order valence-corrected chi connectivity index (χ3v) is 6.21. The van der Waals surface area contributed by atoms with Crippen molar-refractivity contribution in [2.24, 2.45) is 5.92 Å². The van der Waals surface area contributed by atoms with E-state index >= 15 is 0 Å². The summed E-state index contributed by atoms with van der Waals surface area (Å²) in [6.07, 6.45) is 2.98. The quantitative estimate of drug-likeness (QED) is 0.396. The molecule has 1 unspecified atom stereocenters. The molecular formula is C22H17Cl2NO. The molecule has 0 bridgehead atoms. The maximum atomic E-state index is 13.5. The Morgan fingerprint density at radius 1 is 1.08 bits per heavy atom. The minimum absolute atomic E-state index is 0.0307. The van der Waals surface area contributed by atoms with E-state index in [4.69, 9.17) is 23.2 Å². The van der Waals surface area contributed by atoms with Crippen LogP contribution in [0.25, 0.3) is 27.4 Å². The van der Waals surface area contributed by atoms with Gasteiger partial charge in [-0.1, -0.05) is 60.5 Å². The molecule has 26 heavy (non-hydrogen) atoms. The standard InChI is InChI=1S/C22H17Cl2NO/c1-12-7-8-18-15(9-12)16-10-14(23)11-17-20(24)19(13-5-3-2-4-6-13)22(26)25(18)21(16)17/h2-6,10-12H,7-9H2,1H3. The minimum Gasteiger partial charge on any atom is -0.279 e. The molecule has 0 N–H and O–H groups in total. The molecule has 130 valence electrons. The maximum absolute atomic E-state index is 13.5. The SMILES string of the molecule is CC1CCc2c(c3cc(Cl)cc4c(Cl)c(-c5ccccc5)c(=O)n2c43)C1. The number of pyridine rings is 1. The summed E-state index contributed by atoms with van der Waals surface area (Å²) in [6.45, 7) is 2.26. The van der Waals surface area contributed by atoms with E-state index in [1.165, 1.54) is 5.56 Å². The Bertz CT molecular complexity index is 1210. The van der Waals surface area contributed by atoms with Crippen molar-refractivity contribution in [3.63, 3.8) is 0 Å². The first-order chi connectivity index (χ1) is 12.6. The molecule has 2 aromatic heterocycles. The Balaban J connectivity index is 2.01. The van der Waals surface area contributed by atoms with Crippen LogP contribution in [0.5, 0.6) is 0 Å². The lowest BCUT2D eigenvalue weighted by atomic mass is 9.87. The number of fused-ring (bicyclic) bond motifs is 3. The van der Waals surface area contributed by atoms with Gasteiger partial charge in [-0.05, 0) is 48.4 Å². The fraction of sp³-hybridized carbons (Fsp3) is 0.227. The lowest BCUT2D eigenvalue weighted by Gasteiger charge is -2.19. The Morgan fingerprint density at radius 2 is 1.81 bits per heavy atom. The van der Waals surface area contributed by atoms with Crippen LogP contribution < -0.4 is 5.56 Å². The molecule has 0 radical (unpaired) electrons. The first-order valence-electron chi connectivity index (χ1n) is 8.92. The van der Waals surface area contributed by atoms with E-state index in [1.807, 2.05) is 46.9 Å². The summed E-state index contributed by atoms with van der Waals surface area (Å²) in [4.78, 5) is 13.5. The van der Waals surface area contributed by atoms with Gasteiger partial charge in [0.15, 0.2) is 0 Å². The molecule has 5 rings (SSSR count). The second kappa shape index (κ2) is 5.73. The maximum Gasteiger partial charge on any atom is 0.264 e. The summed E-state index contributed by atoms with van der Waals surface area (Å²) in [5, 5.41) is 3.08. The van der Waals surface area contributed by atoms with Gasteiger partial charge < -0.3 is 0 Å². The summed E-state index contributed by atoms with van der Waals surface area (Å²) in [5.41, 5.74) is 4.67. The van der Waals surface area contributed by atoms with Crippen molar-refractivity contribution in [3.8, 4) is 11.1 Å². The van der Waals surface area contributed by atoms with Gasteiger partial charge >= 0.3 is 0 Å². The van der Waals surface area contributed by atoms with Crippen LogP contribution in [0.4, 0.5) is 0 Å². The molecule has 2 nitrogen and oxygen atoms in total. The number of halogens is 2. The predicted molar refractivity (Wildman–Crippen MR) is 109 cm³/mol. The van der Waals surface area contributed by atoms with Crippen molar-refractivity contribution >= 4 is 39.5 Å². The molecule has 2 aromatic carbocycles. The van der Waals surface area contributed by atoms with E-state index in [0.29, 0.717) is 21.5 Å². The molecule has 4 aromatic rings. The highest BCUT2D eigenvalue weighted by Gasteiger charge is 2.27. The highest BCUT2D eigenvalue weighted by Crippen LogP contribution is 2.41. The molecule has 1 atom stereocenters. The van der Waals surface area contributed by atoms with Crippen LogP contribution in [0.2, 0.25) is 10.0 Å². The lowest BCUT2D eigenvalue weighted by molar-refractivity contribution is 0.496. The van der Waals surface area contributed by atoms with E-state index in [0.717, 1.165) is 46.8 Å². The second-order valence-corrected chi connectivity index (χ2v) is 8.13. The monoisotopic (exact) mass is 381 g/mol. The van der Waals surface area contributed by atoms with Crippen LogP contribution in [0, 0.1) is 5.92 Å². The Hall–Kier alpha value is -2.03. The zero-order chi connectivity index (χ0) is 18.0. The smallest absolute Gasteiger partial charge is 0.264 e. The molecule has 0 saturated heterocycles. The number of aromatic nitrogens is 1. The molecule has 0 spiro atoms. The molecule has 0 saturated carbocycles. The van der Waals surface area contributed by atoms with Gasteiger partial charge in [0.1, 0.15) is 0 Å². The van der Waals surface area contributed by atoms with E-state index in [1.54, 1.807) is 0 Å². The second-order valence-electron chi connectivity index (χ2n) is 7.32. The third kappa shape index (κ3) is 2.15. The van der Waals surface area contributed by atoms with Crippen LogP contribution in [-0.4, -0.2) is 4.40 Å². The van der Waals surface area contributed by atoms with Gasteiger partial charge in [0.25, 0.3) is 5.56 Å². The Morgan fingerprint density at radius 3 is 2.58 bits per heavy atom. The van der Waals surface area contributed by atoms with E-state index in [2.05, 4.69) is 6.92 Å². The first kappa shape index (κ1) is 16.2. The average molecular weight is 382 g/mol. The summed E-state index contributed by atoms with van der Waals surface area (Å²) in [6, 6.07) is 13.5. The third-order valence-electron chi connectivity index (χ3n) is 5.60. The molecule has 4 heteroatoms. The van der Waals surface area contributed by atoms with E-state index in [9.17, 15) is 4.79 Å². The average Bonchev–Trinajstić information content (AvgIpc) is 2.95. The number of aryl methyl sites for hydroxylation is 1. The van der Waals surface area contributed by atoms with E-state index in [-0.39, 0.29) is 5.56 Å². The molecule has 1 aliphatic rings. The van der Waals surface area contributed by atoms with Gasteiger partial charge in [-0.25, -0.2) is 0 Å². The topological polar surface area (TPSA) is 21.5 Å². The van der Waals surface area contributed by atoms with Crippen LogP contribution in [-0.2, 0) is 12.8 Å². The highest BCUT2D eigenvalue weighted by atomic mass is 35.5. The van der Waals surface area contributed by atoms with Crippen LogP contribution in [0.15, 0.2) is 47.3 Å². The summed E-state index contributed by atoms with van der Waals surface area (Å²) < 4.78 is 1.90. The Labute approximate surface area is 161 Å². The van der Waals surface area contributed by atoms with Crippen LogP contribution >= 0.6 is 23.2 Å². The summed E-state index contributed by atoms with van der Waals surface area (Å²) in [5.74, 6) is 0.608. The van der Waals surface area contributed by atoms with Crippen molar-refractivity contribution in [2.45, 2.75) is 26.2 Å². The van der Waals surface area contributed by atoms with Gasteiger partial charge in [0.05, 0.1) is 16.1 Å². The van der Waals surface area contributed by atoms with Gasteiger partial charge in [0.2, 0.25) is 0 Å². The number of hydrogen-bond donors (Lipinski definition) is 0. The van der Waals surface area contributed by atoms with Crippen molar-refractivity contribution in [1.29, 1.82) is 0 Å². The normalized spacial score (nSPS) is 17.1. The number of hydrogen-bond acceptors (Lipinski definition) is 1. The Kier molecular flexibility index (Phi) is 3.57. The number of rotatable bonds is 1. The number of nitrogens with zero attached hydrogens (tertiary/aromatic N) is 1. The van der Waals surface area contributed by atoms with Crippen molar-refractivity contribution < 1.29 is 0 Å². The van der Waals surface area contributed by atoms with Gasteiger partial charge in [-0.2, -0.15) is 0 Å². The van der Waals surface area contributed by atoms with Crippen LogP contribution in [0.1, 0.15) is 24.6 Å². The van der Waals surface area contributed by atoms with Crippen LogP contribution in [0.3, 0.4) is 0 Å². The largest absolute Gasteiger partial charge is 0.279 e. The fourth-order valence-electron chi connectivity index (χ4n) is 4.41. The molecule has 1 aliphatic carbocycles. The molecular weight excluding hydrogens is 365 g/mol. The highest BCUT2D eigenvalue weighted by molar-refractivity contribution is 6.40. The first-order valence-corrected chi connectivity index (χ1v) is 9.68. The molecule has 0 fully saturated rings. The lowest BCUT2D eigenvalue weighted by Crippen LogP contribution is -2.20. The van der Waals surface area contributed by atoms with Crippen molar-refractivity contribution in [3.05, 3.63) is 74.1 Å². The molecule has 0 amide bonds. The molecule has 2 heterocycles. The fourth-order valence-corrected chi connectivity index (χ4v) is 4.96. The summed E-state index contributed by atoms with van der Waals surface area (Å²) in [7, 11) is 0. The molecule has 0 aliphatic heterocycles. The zero-order valence-corrected chi connectivity index (χ0v) is 15.9. The van der Waals surface area contributed by atoms with Gasteiger partial charge in [0, 0.05) is 21.5 Å². The zero-order valence-electron chi connectivity index (χ0n) is 14.4. The predicted octanol–water partition coefficient (Wildman–Crippen LogP) is 5.99. The summed E-state index contributed by atoms with van der Waals surface area (Å²) >= 11 is 13.2. The van der Waals surface area contributed by atoms with Crippen molar-refractivity contribution in [2.75, 3.05) is 0 Å². The number of benzene rings is 2. The van der Waals surface area contributed by atoms with Crippen molar-refractivity contribution in [1.82, 2.24) is 4.40 Å². The van der Waals surface area contributed by atoms with Gasteiger partial charge in [-0.3, -0.25) is 9.20 Å². The minimum atomic E-state index is -0.0307.